The summed E-state index contributed by atoms with van der Waals surface area (Å²) in [5.41, 5.74) is 0.214. The lowest BCUT2D eigenvalue weighted by molar-refractivity contribution is -0.913. The van der Waals surface area contributed by atoms with Gasteiger partial charge in [-0.1, -0.05) is 0 Å². The summed E-state index contributed by atoms with van der Waals surface area (Å²) in [5, 5.41) is 2.87. The van der Waals surface area contributed by atoms with Crippen molar-refractivity contribution in [3.8, 4) is 0 Å². The molecular formula is C19H27FN2O3. The number of nitrogens with one attached hydrogen (secondary N) is 1. The molecule has 0 aromatic heterocycles. The predicted octanol–water partition coefficient (Wildman–Crippen LogP) is 3.43. The number of nitrogens with zero attached hydrogens (tertiary/aromatic N) is 1. The third kappa shape index (κ3) is 3.40. The van der Waals surface area contributed by atoms with E-state index >= 15 is 0 Å². The molecule has 0 radical (unpaired) electrons. The molecule has 0 heterocycles. The Morgan fingerprint density at radius 3 is 2.48 bits per heavy atom. The lowest BCUT2D eigenvalue weighted by atomic mass is 9.73. The van der Waals surface area contributed by atoms with Crippen LogP contribution < -0.4 is 5.32 Å². The van der Waals surface area contributed by atoms with Gasteiger partial charge in [-0.15, -0.1) is 7.05 Å². The molecule has 5 nitrogen and oxygen atoms in total. The first-order chi connectivity index (χ1) is 11.7. The van der Waals surface area contributed by atoms with Crippen LogP contribution in [0.25, 0.3) is 0 Å². The van der Waals surface area contributed by atoms with E-state index in [9.17, 15) is 14.0 Å². The first-order valence-corrected chi connectivity index (χ1v) is 8.67. The Morgan fingerprint density at radius 2 is 2.00 bits per heavy atom. The van der Waals surface area contributed by atoms with E-state index in [1.807, 2.05) is 14.0 Å². The predicted molar refractivity (Wildman–Crippen MR) is 94.4 cm³/mol. The number of carbonyl (C=O) groups is 2. The molecule has 25 heavy (non-hydrogen) atoms. The maximum Gasteiger partial charge on any atom is 0.340 e. The summed E-state index contributed by atoms with van der Waals surface area (Å²) in [7, 11) is 6.13. The van der Waals surface area contributed by atoms with Crippen LogP contribution in [0.5, 0.6) is 0 Å². The van der Waals surface area contributed by atoms with Gasteiger partial charge >= 0.3 is 5.97 Å². The van der Waals surface area contributed by atoms with Gasteiger partial charge in [0, 0.05) is 19.9 Å². The molecule has 1 saturated carbocycles. The molecule has 0 aliphatic heterocycles. The minimum atomic E-state index is -0.648. The number of amides is 1. The molecule has 1 aliphatic carbocycles. The second kappa shape index (κ2) is 7.12. The fraction of sp³-hybridized carbons (Fsp3) is 0.526. The summed E-state index contributed by atoms with van der Waals surface area (Å²) < 4.78 is 19.1. The molecule has 1 atom stereocenters. The van der Waals surface area contributed by atoms with E-state index in [1.165, 1.54) is 6.07 Å². The van der Waals surface area contributed by atoms with Gasteiger partial charge in [-0.25, -0.2) is 9.18 Å². The normalized spacial score (nSPS) is 18.0. The fourth-order valence-electron chi connectivity index (χ4n) is 3.34. The number of rotatable bonds is 6. The Bertz CT molecular complexity index is 681. The molecule has 0 saturated heterocycles. The molecule has 0 spiro atoms. The standard InChI is InChI=1S/C19H27FN2O3/c1-6-22(4,5)19(9-8-10-19)18(24)21-16-13(3)11-14(20)12-15(16)17(23)25-7-2/h11-12H,4,6-10H2,1-3,5H3,(H,21,24). The number of benzene rings is 1. The molecule has 1 N–H and O–H groups in total. The van der Waals surface area contributed by atoms with E-state index in [2.05, 4.69) is 12.4 Å². The van der Waals surface area contributed by atoms with Gasteiger partial charge in [0.2, 0.25) is 0 Å². The van der Waals surface area contributed by atoms with Crippen molar-refractivity contribution in [2.75, 3.05) is 25.5 Å². The molecular weight excluding hydrogens is 323 g/mol. The average Bonchev–Trinajstić information content (AvgIpc) is 2.48. The van der Waals surface area contributed by atoms with Crippen LogP contribution in [0.3, 0.4) is 0 Å². The topological polar surface area (TPSA) is 55.4 Å². The summed E-state index contributed by atoms with van der Waals surface area (Å²) in [6, 6.07) is 2.40. The van der Waals surface area contributed by atoms with Gasteiger partial charge in [-0.05, 0) is 44.9 Å². The van der Waals surface area contributed by atoms with E-state index in [4.69, 9.17) is 4.74 Å². The van der Waals surface area contributed by atoms with E-state index < -0.39 is 17.3 Å². The van der Waals surface area contributed by atoms with Crippen LogP contribution in [-0.4, -0.2) is 42.1 Å². The van der Waals surface area contributed by atoms with Crippen LogP contribution in [-0.2, 0) is 9.53 Å². The second-order valence-corrected chi connectivity index (χ2v) is 6.92. The molecule has 2 rings (SSSR count). The maximum atomic E-state index is 13.8. The summed E-state index contributed by atoms with van der Waals surface area (Å²) in [6.07, 6.45) is 2.44. The number of esters is 1. The average molecular weight is 350 g/mol. The molecule has 0 bridgehead atoms. The lowest BCUT2D eigenvalue weighted by Crippen LogP contribution is -2.67. The van der Waals surface area contributed by atoms with Crippen molar-refractivity contribution in [2.45, 2.75) is 45.6 Å². The zero-order valence-electron chi connectivity index (χ0n) is 15.4. The molecule has 1 aromatic carbocycles. The van der Waals surface area contributed by atoms with Gasteiger partial charge in [0.05, 0.1) is 24.4 Å². The number of carbonyl (C=O) groups excluding carboxylic acids is 2. The van der Waals surface area contributed by atoms with Gasteiger partial charge in [0.15, 0.2) is 5.54 Å². The third-order valence-electron chi connectivity index (χ3n) is 5.37. The van der Waals surface area contributed by atoms with Gasteiger partial charge in [0.1, 0.15) is 5.82 Å². The molecule has 1 aromatic rings. The minimum absolute atomic E-state index is 0.0388. The minimum Gasteiger partial charge on any atom is -0.462 e. The van der Waals surface area contributed by atoms with Gasteiger partial charge in [-0.2, -0.15) is 0 Å². The van der Waals surface area contributed by atoms with Crippen LogP contribution in [0.4, 0.5) is 10.1 Å². The van der Waals surface area contributed by atoms with E-state index in [0.717, 1.165) is 25.3 Å². The van der Waals surface area contributed by atoms with Crippen molar-refractivity contribution < 1.29 is 23.2 Å². The monoisotopic (exact) mass is 350 g/mol. The van der Waals surface area contributed by atoms with Crippen LogP contribution in [0.2, 0.25) is 0 Å². The maximum absolute atomic E-state index is 13.8. The van der Waals surface area contributed by atoms with Crippen LogP contribution >= 0.6 is 0 Å². The number of likely N-dealkylation sites (N-methyl/N-ethyl adjacent to an activating group) is 1. The lowest BCUT2D eigenvalue weighted by Gasteiger charge is -2.57. The molecule has 6 heteroatoms. The first-order valence-electron chi connectivity index (χ1n) is 8.67. The van der Waals surface area contributed by atoms with Crippen LogP contribution in [0.1, 0.15) is 49.0 Å². The molecule has 1 fully saturated rings. The van der Waals surface area contributed by atoms with Crippen molar-refractivity contribution in [3.63, 3.8) is 0 Å². The van der Waals surface area contributed by atoms with E-state index in [-0.39, 0.29) is 18.1 Å². The Hall–Kier alpha value is -1.95. The SMILES string of the molecule is [CH2-][N+](C)(CC)C1(C(=O)Nc2c(C)cc(F)cc2C(=O)OCC)CCC1. The quantitative estimate of drug-likeness (QED) is 0.486. The number of quaternary nitrogens is 1. The van der Waals surface area contributed by atoms with Gasteiger partial charge in [0.25, 0.3) is 5.91 Å². The summed E-state index contributed by atoms with van der Waals surface area (Å²) in [4.78, 5) is 25.3. The highest BCUT2D eigenvalue weighted by molar-refractivity contribution is 6.05. The van der Waals surface area contributed by atoms with E-state index in [1.54, 1.807) is 13.8 Å². The number of ether oxygens (including phenoxy) is 1. The number of hydrogen-bond acceptors (Lipinski definition) is 3. The molecule has 1 aliphatic rings. The molecule has 1 amide bonds. The first kappa shape index (κ1) is 19.4. The highest BCUT2D eigenvalue weighted by Crippen LogP contribution is 2.42. The number of hydrogen-bond donors (Lipinski definition) is 1. The van der Waals surface area contributed by atoms with Crippen molar-refractivity contribution in [1.82, 2.24) is 0 Å². The third-order valence-corrected chi connectivity index (χ3v) is 5.37. The van der Waals surface area contributed by atoms with Crippen molar-refractivity contribution in [3.05, 3.63) is 36.1 Å². The fourth-order valence-corrected chi connectivity index (χ4v) is 3.34. The van der Waals surface area contributed by atoms with E-state index in [0.29, 0.717) is 22.3 Å². The zero-order chi connectivity index (χ0) is 18.8. The van der Waals surface area contributed by atoms with Crippen LogP contribution in [0, 0.1) is 19.8 Å². The summed E-state index contributed by atoms with van der Waals surface area (Å²) in [6.45, 7) is 6.22. The summed E-state index contributed by atoms with van der Waals surface area (Å²) >= 11 is 0. The Balaban J connectivity index is 2.39. The Labute approximate surface area is 148 Å². The number of halogens is 1. The number of anilines is 1. The second-order valence-electron chi connectivity index (χ2n) is 6.92. The molecule has 138 valence electrons. The van der Waals surface area contributed by atoms with Gasteiger partial charge < -0.3 is 14.5 Å². The van der Waals surface area contributed by atoms with Crippen molar-refractivity contribution >= 4 is 17.6 Å². The van der Waals surface area contributed by atoms with Gasteiger partial charge in [-0.3, -0.25) is 4.79 Å². The van der Waals surface area contributed by atoms with Crippen molar-refractivity contribution in [2.24, 2.45) is 0 Å². The summed E-state index contributed by atoms with van der Waals surface area (Å²) in [5.74, 6) is -1.37. The molecule has 1 unspecified atom stereocenters. The Morgan fingerprint density at radius 1 is 1.36 bits per heavy atom. The number of aryl methyl sites for hydroxylation is 1. The Kier molecular flexibility index (Phi) is 5.52. The largest absolute Gasteiger partial charge is 0.462 e. The highest BCUT2D eigenvalue weighted by atomic mass is 19.1. The smallest absolute Gasteiger partial charge is 0.340 e. The van der Waals surface area contributed by atoms with Crippen molar-refractivity contribution in [1.29, 1.82) is 0 Å². The zero-order valence-corrected chi connectivity index (χ0v) is 15.4. The highest BCUT2D eigenvalue weighted by Gasteiger charge is 2.53. The van der Waals surface area contributed by atoms with Crippen LogP contribution in [0.15, 0.2) is 12.1 Å².